The Labute approximate surface area is 153 Å². The summed E-state index contributed by atoms with van der Waals surface area (Å²) in [6.45, 7) is 0. The molecular weight excluding hydrogens is 334 g/mol. The Morgan fingerprint density at radius 1 is 1.24 bits per heavy atom. The maximum atomic E-state index is 12.2. The average Bonchev–Trinajstić information content (AvgIpc) is 2.63. The molecule has 0 spiro atoms. The summed E-state index contributed by atoms with van der Waals surface area (Å²) < 4.78 is 0. The molecule has 0 atom stereocenters. The summed E-state index contributed by atoms with van der Waals surface area (Å²) in [6, 6.07) is 11.8. The van der Waals surface area contributed by atoms with Gasteiger partial charge in [0.2, 0.25) is 5.91 Å². The monoisotopic (exact) mass is 355 g/mol. The number of hydrogen-bond donors (Lipinski definition) is 2. The van der Waals surface area contributed by atoms with Gasteiger partial charge in [-0.3, -0.25) is 4.79 Å². The Balaban J connectivity index is 1.62. The lowest BCUT2D eigenvalue weighted by Crippen LogP contribution is -2.21. The van der Waals surface area contributed by atoms with Gasteiger partial charge < -0.3 is 5.32 Å². The van der Waals surface area contributed by atoms with E-state index in [1.807, 2.05) is 37.4 Å². The molecule has 130 valence electrons. The largest absolute Gasteiger partial charge is 0.388 e. The van der Waals surface area contributed by atoms with Gasteiger partial charge in [-0.15, -0.1) is 0 Å². The standard InChI is InChI=1S/C20H22ClN3O/c1-22-17-10-9-16(19(21)12-17)13-23-24-20(25)11-15-7-4-6-14-5-2-3-8-18(14)15/h4,6-7,9-10,12-13,22H,2-3,5,8,11H2,1H3,(H,24,25)/b23-13-. The molecule has 2 N–H and O–H groups in total. The topological polar surface area (TPSA) is 53.5 Å². The summed E-state index contributed by atoms with van der Waals surface area (Å²) in [6.07, 6.45) is 6.54. The van der Waals surface area contributed by atoms with Crippen LogP contribution in [-0.2, 0) is 24.1 Å². The summed E-state index contributed by atoms with van der Waals surface area (Å²) in [7, 11) is 1.84. The Kier molecular flexibility index (Phi) is 5.71. The van der Waals surface area contributed by atoms with Crippen molar-refractivity contribution in [3.63, 3.8) is 0 Å². The first-order valence-electron chi connectivity index (χ1n) is 8.56. The first kappa shape index (κ1) is 17.5. The summed E-state index contributed by atoms with van der Waals surface area (Å²) >= 11 is 6.19. The average molecular weight is 356 g/mol. The summed E-state index contributed by atoms with van der Waals surface area (Å²) in [4.78, 5) is 12.2. The van der Waals surface area contributed by atoms with Gasteiger partial charge in [-0.25, -0.2) is 5.43 Å². The van der Waals surface area contributed by atoms with Gasteiger partial charge in [0.25, 0.3) is 0 Å². The summed E-state index contributed by atoms with van der Waals surface area (Å²) in [5, 5.41) is 7.64. The van der Waals surface area contributed by atoms with Gasteiger partial charge in [-0.1, -0.05) is 29.8 Å². The molecule has 5 heteroatoms. The number of carbonyl (C=O) groups excluding carboxylic acids is 1. The van der Waals surface area contributed by atoms with E-state index >= 15 is 0 Å². The fourth-order valence-corrected chi connectivity index (χ4v) is 3.43. The summed E-state index contributed by atoms with van der Waals surface area (Å²) in [5.74, 6) is -0.113. The molecule has 0 saturated heterocycles. The van der Waals surface area contributed by atoms with Crippen LogP contribution in [-0.4, -0.2) is 19.2 Å². The third kappa shape index (κ3) is 4.40. The van der Waals surface area contributed by atoms with Crippen molar-refractivity contribution in [1.82, 2.24) is 5.43 Å². The summed E-state index contributed by atoms with van der Waals surface area (Å²) in [5.41, 5.74) is 8.14. The normalized spacial score (nSPS) is 13.5. The SMILES string of the molecule is CNc1ccc(/C=N\NC(=O)Cc2cccc3c2CCCC3)c(Cl)c1. The zero-order chi connectivity index (χ0) is 17.6. The van der Waals surface area contributed by atoms with Crippen LogP contribution < -0.4 is 10.7 Å². The highest BCUT2D eigenvalue weighted by Gasteiger charge is 2.14. The second-order valence-electron chi connectivity index (χ2n) is 6.22. The van der Waals surface area contributed by atoms with Crippen molar-refractivity contribution in [2.45, 2.75) is 32.1 Å². The Bertz CT molecular complexity index is 802. The zero-order valence-electron chi connectivity index (χ0n) is 14.3. The number of fused-ring (bicyclic) bond motifs is 1. The van der Waals surface area contributed by atoms with Crippen molar-refractivity contribution < 1.29 is 4.79 Å². The van der Waals surface area contributed by atoms with Crippen LogP contribution in [0.4, 0.5) is 5.69 Å². The van der Waals surface area contributed by atoms with Gasteiger partial charge in [0.05, 0.1) is 17.7 Å². The molecule has 0 fully saturated rings. The Morgan fingerprint density at radius 3 is 2.88 bits per heavy atom. The number of halogens is 1. The zero-order valence-corrected chi connectivity index (χ0v) is 15.1. The molecule has 1 amide bonds. The van der Waals surface area contributed by atoms with Crippen molar-refractivity contribution in [1.29, 1.82) is 0 Å². The van der Waals surface area contributed by atoms with Crippen LogP contribution in [0.25, 0.3) is 0 Å². The van der Waals surface area contributed by atoms with E-state index in [0.717, 1.165) is 29.7 Å². The quantitative estimate of drug-likeness (QED) is 0.630. The molecule has 0 bridgehead atoms. The number of hydrazone groups is 1. The minimum absolute atomic E-state index is 0.113. The lowest BCUT2D eigenvalue weighted by Gasteiger charge is -2.18. The number of hydrogen-bond acceptors (Lipinski definition) is 3. The molecule has 0 aliphatic heterocycles. The number of carbonyl (C=O) groups is 1. The lowest BCUT2D eigenvalue weighted by molar-refractivity contribution is -0.120. The van der Waals surface area contributed by atoms with E-state index < -0.39 is 0 Å². The van der Waals surface area contributed by atoms with Crippen LogP contribution in [0.3, 0.4) is 0 Å². The number of anilines is 1. The van der Waals surface area contributed by atoms with Crippen molar-refractivity contribution in [2.75, 3.05) is 12.4 Å². The molecule has 0 heterocycles. The third-order valence-electron chi connectivity index (χ3n) is 4.53. The second kappa shape index (κ2) is 8.17. The minimum atomic E-state index is -0.113. The van der Waals surface area contributed by atoms with Gasteiger partial charge in [0.1, 0.15) is 0 Å². The molecule has 25 heavy (non-hydrogen) atoms. The number of nitrogens with one attached hydrogen (secondary N) is 2. The third-order valence-corrected chi connectivity index (χ3v) is 4.85. The lowest BCUT2D eigenvalue weighted by atomic mass is 9.87. The van der Waals surface area contributed by atoms with Gasteiger partial charge >= 0.3 is 0 Å². The molecule has 0 radical (unpaired) electrons. The van der Waals surface area contributed by atoms with Gasteiger partial charge in [0, 0.05) is 18.3 Å². The molecular formula is C20H22ClN3O. The molecule has 0 saturated carbocycles. The predicted molar refractivity (Wildman–Crippen MR) is 104 cm³/mol. The highest BCUT2D eigenvalue weighted by molar-refractivity contribution is 6.33. The van der Waals surface area contributed by atoms with Crippen LogP contribution in [0, 0.1) is 0 Å². The molecule has 0 aromatic heterocycles. The van der Waals surface area contributed by atoms with E-state index in [0.29, 0.717) is 11.4 Å². The fraction of sp³-hybridized carbons (Fsp3) is 0.300. The molecule has 1 aliphatic carbocycles. The first-order chi connectivity index (χ1) is 12.2. The Hall–Kier alpha value is -2.33. The molecule has 4 nitrogen and oxygen atoms in total. The van der Waals surface area contributed by atoms with Gasteiger partial charge in [-0.05, 0) is 60.6 Å². The highest BCUT2D eigenvalue weighted by atomic mass is 35.5. The number of nitrogens with zero attached hydrogens (tertiary/aromatic N) is 1. The molecule has 0 unspecified atom stereocenters. The molecule has 3 rings (SSSR count). The predicted octanol–water partition coefficient (Wildman–Crippen LogP) is 3.95. The van der Waals surface area contributed by atoms with Crippen molar-refractivity contribution in [3.8, 4) is 0 Å². The molecule has 2 aromatic carbocycles. The number of amides is 1. The van der Waals surface area contributed by atoms with E-state index in [1.165, 1.54) is 24.0 Å². The maximum absolute atomic E-state index is 12.2. The van der Waals surface area contributed by atoms with Crippen LogP contribution in [0.2, 0.25) is 5.02 Å². The number of benzene rings is 2. The maximum Gasteiger partial charge on any atom is 0.244 e. The van der Waals surface area contributed by atoms with Gasteiger partial charge in [-0.2, -0.15) is 5.10 Å². The van der Waals surface area contributed by atoms with E-state index in [1.54, 1.807) is 6.21 Å². The van der Waals surface area contributed by atoms with Crippen molar-refractivity contribution >= 4 is 29.4 Å². The fourth-order valence-electron chi connectivity index (χ4n) is 3.20. The number of rotatable bonds is 5. The van der Waals surface area contributed by atoms with E-state index in [9.17, 15) is 4.79 Å². The second-order valence-corrected chi connectivity index (χ2v) is 6.63. The smallest absolute Gasteiger partial charge is 0.244 e. The Morgan fingerprint density at radius 2 is 2.08 bits per heavy atom. The van der Waals surface area contributed by atoms with E-state index in [2.05, 4.69) is 21.9 Å². The first-order valence-corrected chi connectivity index (χ1v) is 8.94. The van der Waals surface area contributed by atoms with E-state index in [-0.39, 0.29) is 5.91 Å². The minimum Gasteiger partial charge on any atom is -0.388 e. The molecule has 2 aromatic rings. The van der Waals surface area contributed by atoms with Crippen LogP contribution in [0.5, 0.6) is 0 Å². The number of aryl methyl sites for hydroxylation is 1. The van der Waals surface area contributed by atoms with Crippen LogP contribution in [0.1, 0.15) is 35.1 Å². The highest BCUT2D eigenvalue weighted by Crippen LogP contribution is 2.24. The van der Waals surface area contributed by atoms with Crippen LogP contribution >= 0.6 is 11.6 Å². The molecule has 1 aliphatic rings. The van der Waals surface area contributed by atoms with E-state index in [4.69, 9.17) is 11.6 Å². The van der Waals surface area contributed by atoms with Gasteiger partial charge in [0.15, 0.2) is 0 Å². The van der Waals surface area contributed by atoms with Crippen molar-refractivity contribution in [2.24, 2.45) is 5.10 Å². The van der Waals surface area contributed by atoms with Crippen LogP contribution in [0.15, 0.2) is 41.5 Å². The van der Waals surface area contributed by atoms with Crippen molar-refractivity contribution in [3.05, 3.63) is 63.7 Å².